The van der Waals surface area contributed by atoms with E-state index >= 15 is 0 Å². The van der Waals surface area contributed by atoms with E-state index < -0.39 is 6.10 Å². The van der Waals surface area contributed by atoms with Crippen molar-refractivity contribution in [2.45, 2.75) is 39.2 Å². The third-order valence-corrected chi connectivity index (χ3v) is 2.78. The molecule has 0 saturated heterocycles. The first-order valence-electron chi connectivity index (χ1n) is 6.23. The van der Waals surface area contributed by atoms with Crippen molar-refractivity contribution >= 4 is 5.71 Å². The van der Waals surface area contributed by atoms with Gasteiger partial charge in [-0.3, -0.25) is 0 Å². The Kier molecular flexibility index (Phi) is 6.22. The van der Waals surface area contributed by atoms with E-state index in [0.717, 1.165) is 24.3 Å². The highest BCUT2D eigenvalue weighted by molar-refractivity contribution is 5.81. The summed E-state index contributed by atoms with van der Waals surface area (Å²) in [6.45, 7) is 4.04. The normalized spacial score (nSPS) is 13.4. The van der Waals surface area contributed by atoms with Gasteiger partial charge in [0, 0.05) is 0 Å². The Morgan fingerprint density at radius 2 is 2.00 bits per heavy atom. The molecule has 0 aliphatic carbocycles. The fraction of sp³-hybridized carbons (Fsp3) is 0.500. The second-order valence-electron chi connectivity index (χ2n) is 4.35. The number of aryl methyl sites for hydroxylation is 1. The van der Waals surface area contributed by atoms with Crippen LogP contribution in [-0.4, -0.2) is 28.7 Å². The van der Waals surface area contributed by atoms with Crippen LogP contribution in [-0.2, 0) is 6.42 Å². The molecule has 2 N–H and O–H groups in total. The fourth-order valence-corrected chi connectivity index (χ4v) is 1.44. The third-order valence-electron chi connectivity index (χ3n) is 2.78. The average molecular weight is 251 g/mol. The van der Waals surface area contributed by atoms with Gasteiger partial charge in [-0.2, -0.15) is 0 Å². The maximum Gasteiger partial charge on any atom is 0.119 e. The molecule has 0 bridgehead atoms. The maximum absolute atomic E-state index is 9.38. The number of rotatable bonds is 7. The van der Waals surface area contributed by atoms with Crippen LogP contribution in [0, 0.1) is 0 Å². The number of aliphatic hydroxyl groups excluding tert-OH is 1. The standard InChI is InChI=1S/C14H21NO3/c1-3-13(16)10-18-14-8-6-12(7-9-14)5-4-11(2)15-17/h6-9,13,16-17H,3-5,10H2,1-2H3/b15-11+. The summed E-state index contributed by atoms with van der Waals surface area (Å²) in [5, 5.41) is 21.1. The molecule has 4 heteroatoms. The molecule has 0 spiro atoms. The zero-order chi connectivity index (χ0) is 13.4. The van der Waals surface area contributed by atoms with Crippen molar-refractivity contribution in [2.75, 3.05) is 6.61 Å². The van der Waals surface area contributed by atoms with Gasteiger partial charge in [0.05, 0.1) is 11.8 Å². The van der Waals surface area contributed by atoms with E-state index in [2.05, 4.69) is 5.16 Å². The first-order chi connectivity index (χ1) is 8.65. The van der Waals surface area contributed by atoms with Crippen molar-refractivity contribution in [1.29, 1.82) is 0 Å². The molecule has 0 heterocycles. The summed E-state index contributed by atoms with van der Waals surface area (Å²) in [6, 6.07) is 7.75. The van der Waals surface area contributed by atoms with Crippen LogP contribution in [0.15, 0.2) is 29.4 Å². The second-order valence-corrected chi connectivity index (χ2v) is 4.35. The van der Waals surface area contributed by atoms with Gasteiger partial charge in [0.15, 0.2) is 0 Å². The van der Waals surface area contributed by atoms with Crippen molar-refractivity contribution in [1.82, 2.24) is 0 Å². The molecular formula is C14H21NO3. The fourth-order valence-electron chi connectivity index (χ4n) is 1.44. The molecule has 0 aromatic heterocycles. The van der Waals surface area contributed by atoms with Crippen LogP contribution in [0.3, 0.4) is 0 Å². The zero-order valence-electron chi connectivity index (χ0n) is 11.0. The minimum Gasteiger partial charge on any atom is -0.491 e. The van der Waals surface area contributed by atoms with Gasteiger partial charge in [0.25, 0.3) is 0 Å². The summed E-state index contributed by atoms with van der Waals surface area (Å²) in [5.74, 6) is 0.763. The SMILES string of the molecule is CCC(O)COc1ccc(CC/C(C)=N/O)cc1. The van der Waals surface area contributed by atoms with Crippen molar-refractivity contribution in [2.24, 2.45) is 5.16 Å². The topological polar surface area (TPSA) is 62.0 Å². The summed E-state index contributed by atoms with van der Waals surface area (Å²) < 4.78 is 5.45. The smallest absolute Gasteiger partial charge is 0.119 e. The number of aliphatic hydroxyl groups is 1. The quantitative estimate of drug-likeness (QED) is 0.445. The molecule has 0 amide bonds. The molecule has 100 valence electrons. The van der Waals surface area contributed by atoms with Gasteiger partial charge in [-0.25, -0.2) is 0 Å². The third kappa shape index (κ3) is 5.19. The minimum atomic E-state index is -0.409. The molecule has 0 aliphatic rings. The molecule has 4 nitrogen and oxygen atoms in total. The van der Waals surface area contributed by atoms with Crippen LogP contribution < -0.4 is 4.74 Å². The van der Waals surface area contributed by atoms with Crippen LogP contribution in [0.4, 0.5) is 0 Å². The van der Waals surface area contributed by atoms with Gasteiger partial charge in [0.1, 0.15) is 12.4 Å². The number of nitrogens with zero attached hydrogens (tertiary/aromatic N) is 1. The van der Waals surface area contributed by atoms with E-state index in [1.54, 1.807) is 6.92 Å². The van der Waals surface area contributed by atoms with Gasteiger partial charge in [-0.05, 0) is 43.9 Å². The van der Waals surface area contributed by atoms with Gasteiger partial charge in [-0.1, -0.05) is 24.2 Å². The largest absolute Gasteiger partial charge is 0.491 e. The van der Waals surface area contributed by atoms with Crippen molar-refractivity contribution < 1.29 is 15.1 Å². The first kappa shape index (κ1) is 14.5. The molecule has 0 fully saturated rings. The van der Waals surface area contributed by atoms with Crippen molar-refractivity contribution in [3.05, 3.63) is 29.8 Å². The Morgan fingerprint density at radius 3 is 2.56 bits per heavy atom. The summed E-state index contributed by atoms with van der Waals surface area (Å²) in [4.78, 5) is 0. The number of ether oxygens (including phenoxy) is 1. The lowest BCUT2D eigenvalue weighted by Crippen LogP contribution is -2.15. The zero-order valence-corrected chi connectivity index (χ0v) is 11.0. The van der Waals surface area contributed by atoms with Gasteiger partial charge < -0.3 is 15.1 Å². The molecule has 1 unspecified atom stereocenters. The number of hydrogen-bond donors (Lipinski definition) is 2. The van der Waals surface area contributed by atoms with Crippen LogP contribution >= 0.6 is 0 Å². The summed E-state index contributed by atoms with van der Waals surface area (Å²) in [7, 11) is 0. The number of benzene rings is 1. The van der Waals surface area contributed by atoms with E-state index in [-0.39, 0.29) is 0 Å². The molecule has 0 saturated carbocycles. The van der Waals surface area contributed by atoms with E-state index in [1.807, 2.05) is 31.2 Å². The Hall–Kier alpha value is -1.55. The molecular weight excluding hydrogens is 230 g/mol. The number of oxime groups is 1. The highest BCUT2D eigenvalue weighted by atomic mass is 16.5. The number of hydrogen-bond acceptors (Lipinski definition) is 4. The first-order valence-corrected chi connectivity index (χ1v) is 6.23. The molecule has 18 heavy (non-hydrogen) atoms. The van der Waals surface area contributed by atoms with E-state index in [9.17, 15) is 5.11 Å². The van der Waals surface area contributed by atoms with Crippen LogP contribution in [0.25, 0.3) is 0 Å². The Morgan fingerprint density at radius 1 is 1.33 bits per heavy atom. The predicted molar refractivity (Wildman–Crippen MR) is 71.5 cm³/mol. The maximum atomic E-state index is 9.38. The monoisotopic (exact) mass is 251 g/mol. The molecule has 1 rings (SSSR count). The van der Waals surface area contributed by atoms with Crippen LogP contribution in [0.5, 0.6) is 5.75 Å². The molecule has 0 radical (unpaired) electrons. The van der Waals surface area contributed by atoms with Crippen LogP contribution in [0.2, 0.25) is 0 Å². The lowest BCUT2D eigenvalue weighted by atomic mass is 10.1. The van der Waals surface area contributed by atoms with Gasteiger partial charge >= 0.3 is 0 Å². The predicted octanol–water partition coefficient (Wildman–Crippen LogP) is 2.62. The molecule has 0 aliphatic heterocycles. The van der Waals surface area contributed by atoms with E-state index in [0.29, 0.717) is 13.0 Å². The van der Waals surface area contributed by atoms with Crippen molar-refractivity contribution in [3.8, 4) is 5.75 Å². The molecule has 1 aromatic rings. The Balaban J connectivity index is 2.42. The minimum absolute atomic E-state index is 0.326. The van der Waals surface area contributed by atoms with E-state index in [1.165, 1.54) is 5.56 Å². The van der Waals surface area contributed by atoms with E-state index in [4.69, 9.17) is 9.94 Å². The van der Waals surface area contributed by atoms with Crippen molar-refractivity contribution in [3.63, 3.8) is 0 Å². The summed E-state index contributed by atoms with van der Waals surface area (Å²) in [5.41, 5.74) is 1.89. The Labute approximate surface area is 108 Å². The molecule has 1 atom stereocenters. The lowest BCUT2D eigenvalue weighted by molar-refractivity contribution is 0.104. The average Bonchev–Trinajstić information content (AvgIpc) is 2.43. The van der Waals surface area contributed by atoms with Gasteiger partial charge in [-0.15, -0.1) is 0 Å². The highest BCUT2D eigenvalue weighted by Gasteiger charge is 2.02. The summed E-state index contributed by atoms with van der Waals surface area (Å²) >= 11 is 0. The highest BCUT2D eigenvalue weighted by Crippen LogP contribution is 2.14. The van der Waals surface area contributed by atoms with Crippen LogP contribution in [0.1, 0.15) is 32.3 Å². The molecule has 1 aromatic carbocycles. The summed E-state index contributed by atoms with van der Waals surface area (Å²) in [6.07, 6.45) is 1.87. The van der Waals surface area contributed by atoms with Gasteiger partial charge in [0.2, 0.25) is 0 Å². The lowest BCUT2D eigenvalue weighted by Gasteiger charge is -2.10. The second kappa shape index (κ2) is 7.71. The Bertz CT molecular complexity index is 373.